The number of ether oxygens (including phenoxy) is 1. The van der Waals surface area contributed by atoms with Crippen molar-refractivity contribution in [3.05, 3.63) is 0 Å². The maximum atomic E-state index is 12.3. The Morgan fingerprint density at radius 2 is 1.50 bits per heavy atom. The fourth-order valence-electron chi connectivity index (χ4n) is 0.843. The molecule has 0 aliphatic rings. The van der Waals surface area contributed by atoms with Crippen LogP contribution in [-0.4, -0.2) is 39.6 Å². The molecule has 1 N–H and O–H groups in total. The van der Waals surface area contributed by atoms with Gasteiger partial charge in [-0.25, -0.2) is 0 Å². The fourth-order valence-corrected chi connectivity index (χ4v) is 1.10. The van der Waals surface area contributed by atoms with Crippen LogP contribution in [0.15, 0.2) is 0 Å². The summed E-state index contributed by atoms with van der Waals surface area (Å²) >= 11 is 1.79. The normalized spacial score (nSPS) is 15.9. The van der Waals surface area contributed by atoms with Crippen LogP contribution in [0.2, 0.25) is 0 Å². The maximum Gasteiger partial charge on any atom is 0.429 e. The molecule has 120 valence electrons. The number of halogens is 7. The molecule has 0 bridgehead atoms. The van der Waals surface area contributed by atoms with Gasteiger partial charge < -0.3 is 9.84 Å². The van der Waals surface area contributed by atoms with E-state index in [4.69, 9.17) is 5.11 Å². The zero-order valence-corrected chi connectivity index (χ0v) is 12.9. The predicted octanol–water partition coefficient (Wildman–Crippen LogP) is 3.24. The summed E-state index contributed by atoms with van der Waals surface area (Å²) in [5.41, 5.74) is -6.38. The minimum atomic E-state index is -6.01. The van der Waals surface area contributed by atoms with Gasteiger partial charge in [0, 0.05) is 3.92 Å². The second kappa shape index (κ2) is 5.85. The molecule has 0 heterocycles. The molecule has 0 spiro atoms. The Morgan fingerprint density at radius 1 is 1.15 bits per heavy atom. The molecule has 0 amide bonds. The van der Waals surface area contributed by atoms with E-state index in [1.54, 1.807) is 29.5 Å². The number of carbonyl (C=O) groups excluding carboxylic acids is 1. The van der Waals surface area contributed by atoms with E-state index in [-0.39, 0.29) is 0 Å². The van der Waals surface area contributed by atoms with Gasteiger partial charge in [-0.15, -0.1) is 0 Å². The van der Waals surface area contributed by atoms with Crippen molar-refractivity contribution in [2.45, 2.75) is 42.6 Å². The number of aliphatic hydroxyl groups is 1. The van der Waals surface area contributed by atoms with Gasteiger partial charge in [0.2, 0.25) is 0 Å². The summed E-state index contributed by atoms with van der Waals surface area (Å²) in [7, 11) is 0. The first kappa shape index (κ1) is 19.7. The molecule has 20 heavy (non-hydrogen) atoms. The van der Waals surface area contributed by atoms with Crippen LogP contribution in [0.4, 0.5) is 26.3 Å². The van der Waals surface area contributed by atoms with Gasteiger partial charge >= 0.3 is 18.3 Å². The summed E-state index contributed by atoms with van der Waals surface area (Å²) in [5.74, 6) is -1.26. The summed E-state index contributed by atoms with van der Waals surface area (Å²) in [6, 6.07) is 0. The van der Waals surface area contributed by atoms with Gasteiger partial charge in [0.15, 0.2) is 0 Å². The maximum absolute atomic E-state index is 12.3. The highest BCUT2D eigenvalue weighted by Gasteiger charge is 2.71. The van der Waals surface area contributed by atoms with Gasteiger partial charge in [0.25, 0.3) is 5.60 Å². The number of rotatable bonds is 4. The highest BCUT2D eigenvalue weighted by atomic mass is 127. The Kier molecular flexibility index (Phi) is 5.78. The molecule has 0 saturated heterocycles. The molecule has 0 fully saturated rings. The van der Waals surface area contributed by atoms with Crippen LogP contribution in [-0.2, 0) is 9.53 Å². The van der Waals surface area contributed by atoms with Gasteiger partial charge in [0.05, 0.1) is 5.41 Å². The molecule has 1 atom stereocenters. The van der Waals surface area contributed by atoms with Crippen molar-refractivity contribution in [1.29, 1.82) is 0 Å². The third-order valence-corrected chi connectivity index (χ3v) is 4.43. The van der Waals surface area contributed by atoms with Crippen LogP contribution in [0.1, 0.15) is 20.8 Å². The fraction of sp³-hybridized carbons (Fsp3) is 0.900. The Balaban J connectivity index is 5.15. The standard InChI is InChI=1S/C10H13F6IO3/c1-5(17)7(2,3)6(18)20-4-8(19,9(11,12)13)10(14,15)16/h5,19H,4H2,1-3H3. The van der Waals surface area contributed by atoms with E-state index in [2.05, 4.69) is 4.74 Å². The van der Waals surface area contributed by atoms with Gasteiger partial charge in [-0.1, -0.05) is 29.5 Å². The van der Waals surface area contributed by atoms with E-state index in [1.807, 2.05) is 0 Å². The van der Waals surface area contributed by atoms with E-state index >= 15 is 0 Å². The summed E-state index contributed by atoms with van der Waals surface area (Å²) in [6.07, 6.45) is -12.0. The lowest BCUT2D eigenvalue weighted by Gasteiger charge is -2.33. The molecule has 0 aliphatic heterocycles. The first-order valence-electron chi connectivity index (χ1n) is 5.24. The predicted molar refractivity (Wildman–Crippen MR) is 65.3 cm³/mol. The Morgan fingerprint density at radius 3 is 1.75 bits per heavy atom. The largest absolute Gasteiger partial charge is 0.461 e. The molecular formula is C10H13F6IO3. The molecule has 0 aliphatic carbocycles. The lowest BCUT2D eigenvalue weighted by molar-refractivity contribution is -0.375. The molecule has 0 radical (unpaired) electrons. The number of alkyl halides is 7. The highest BCUT2D eigenvalue weighted by molar-refractivity contribution is 14.1. The van der Waals surface area contributed by atoms with E-state index in [9.17, 15) is 31.1 Å². The van der Waals surface area contributed by atoms with Crippen molar-refractivity contribution in [1.82, 2.24) is 0 Å². The van der Waals surface area contributed by atoms with Crippen molar-refractivity contribution in [2.75, 3.05) is 6.61 Å². The quantitative estimate of drug-likeness (QED) is 0.328. The average molecular weight is 422 g/mol. The van der Waals surface area contributed by atoms with Crippen molar-refractivity contribution < 1.29 is 41.0 Å². The van der Waals surface area contributed by atoms with Crippen LogP contribution in [0, 0.1) is 5.41 Å². The molecule has 0 rings (SSSR count). The number of hydrogen-bond acceptors (Lipinski definition) is 3. The van der Waals surface area contributed by atoms with Gasteiger partial charge in [0.1, 0.15) is 6.61 Å². The molecule has 3 nitrogen and oxygen atoms in total. The lowest BCUT2D eigenvalue weighted by Crippen LogP contribution is -2.60. The molecule has 10 heteroatoms. The Bertz CT molecular complexity index is 347. The van der Waals surface area contributed by atoms with Crippen molar-refractivity contribution in [2.24, 2.45) is 5.41 Å². The van der Waals surface area contributed by atoms with E-state index < -0.39 is 39.9 Å². The van der Waals surface area contributed by atoms with E-state index in [0.29, 0.717) is 0 Å². The first-order valence-corrected chi connectivity index (χ1v) is 6.49. The number of carbonyl (C=O) groups is 1. The summed E-state index contributed by atoms with van der Waals surface area (Å²) in [4.78, 5) is 11.5. The molecule has 0 aromatic carbocycles. The zero-order valence-electron chi connectivity index (χ0n) is 10.7. The third-order valence-electron chi connectivity index (χ3n) is 2.87. The SMILES string of the molecule is CC(I)C(C)(C)C(=O)OCC(O)(C(F)(F)F)C(F)(F)F. The van der Waals surface area contributed by atoms with Crippen molar-refractivity contribution in [3.8, 4) is 0 Å². The Labute approximate surface area is 124 Å². The third kappa shape index (κ3) is 3.89. The monoisotopic (exact) mass is 422 g/mol. The van der Waals surface area contributed by atoms with Crippen LogP contribution in [0.5, 0.6) is 0 Å². The highest BCUT2D eigenvalue weighted by Crippen LogP contribution is 2.43. The second-order valence-corrected chi connectivity index (χ2v) is 6.64. The summed E-state index contributed by atoms with van der Waals surface area (Å²) < 4.78 is 77.7. The van der Waals surface area contributed by atoms with Crippen molar-refractivity contribution >= 4 is 28.6 Å². The molecular weight excluding hydrogens is 409 g/mol. The lowest BCUT2D eigenvalue weighted by atomic mass is 9.90. The summed E-state index contributed by atoms with van der Waals surface area (Å²) in [6.45, 7) is 1.94. The van der Waals surface area contributed by atoms with Gasteiger partial charge in [-0.3, -0.25) is 4.79 Å². The molecule has 0 aromatic heterocycles. The summed E-state index contributed by atoms with van der Waals surface area (Å²) in [5, 5.41) is 8.81. The first-order chi connectivity index (χ1) is 8.57. The number of hydrogen-bond donors (Lipinski definition) is 1. The zero-order chi connectivity index (χ0) is 16.6. The van der Waals surface area contributed by atoms with Gasteiger partial charge in [-0.05, 0) is 13.8 Å². The van der Waals surface area contributed by atoms with Crippen LogP contribution < -0.4 is 0 Å². The van der Waals surface area contributed by atoms with Crippen molar-refractivity contribution in [3.63, 3.8) is 0 Å². The topological polar surface area (TPSA) is 46.5 Å². The second-order valence-electron chi connectivity index (χ2n) is 4.77. The van der Waals surface area contributed by atoms with E-state index in [0.717, 1.165) is 0 Å². The van der Waals surface area contributed by atoms with Crippen LogP contribution in [0.25, 0.3) is 0 Å². The molecule has 0 saturated carbocycles. The minimum Gasteiger partial charge on any atom is -0.461 e. The number of esters is 1. The molecule has 1 unspecified atom stereocenters. The molecule has 0 aromatic rings. The van der Waals surface area contributed by atoms with Gasteiger partial charge in [-0.2, -0.15) is 26.3 Å². The smallest absolute Gasteiger partial charge is 0.429 e. The Hall–Kier alpha value is -0.260. The van der Waals surface area contributed by atoms with E-state index in [1.165, 1.54) is 13.8 Å². The minimum absolute atomic E-state index is 0.405. The van der Waals surface area contributed by atoms with Crippen LogP contribution in [0.3, 0.4) is 0 Å². The van der Waals surface area contributed by atoms with Crippen LogP contribution >= 0.6 is 22.6 Å². The average Bonchev–Trinajstić information content (AvgIpc) is 2.21.